The molecule has 0 amide bonds. The van der Waals surface area contributed by atoms with Gasteiger partial charge in [-0.15, -0.1) is 5.10 Å². The monoisotopic (exact) mass is 258 g/mol. The van der Waals surface area contributed by atoms with Crippen LogP contribution >= 0.6 is 0 Å². The van der Waals surface area contributed by atoms with Gasteiger partial charge in [0.1, 0.15) is 23.7 Å². The Labute approximate surface area is 109 Å². The van der Waals surface area contributed by atoms with Gasteiger partial charge in [0.15, 0.2) is 5.69 Å². The number of hydrogen-bond donors (Lipinski definition) is 0. The summed E-state index contributed by atoms with van der Waals surface area (Å²) in [4.78, 5) is 0. The van der Waals surface area contributed by atoms with Gasteiger partial charge < -0.3 is 4.74 Å². The standard InChI is InChI=1S/C13H11FN4O/c14-9-3-5-10(6-4-9)18-13(11(8-15)16-17-18)12-2-1-7-19-12/h3-6,12H,1-2,7H2. The molecule has 1 aliphatic heterocycles. The highest BCUT2D eigenvalue weighted by molar-refractivity contribution is 5.37. The van der Waals surface area contributed by atoms with E-state index in [2.05, 4.69) is 10.3 Å². The molecule has 0 bridgehead atoms. The number of aromatic nitrogens is 3. The van der Waals surface area contributed by atoms with Gasteiger partial charge in [-0.05, 0) is 37.1 Å². The van der Waals surface area contributed by atoms with Crippen molar-refractivity contribution in [2.45, 2.75) is 18.9 Å². The molecule has 0 aliphatic carbocycles. The smallest absolute Gasteiger partial charge is 0.189 e. The Hall–Kier alpha value is -2.26. The maximum absolute atomic E-state index is 13.0. The average molecular weight is 258 g/mol. The lowest BCUT2D eigenvalue weighted by atomic mass is 10.1. The average Bonchev–Trinajstić information content (AvgIpc) is 3.07. The summed E-state index contributed by atoms with van der Waals surface area (Å²) in [7, 11) is 0. The van der Waals surface area contributed by atoms with Gasteiger partial charge in [0.25, 0.3) is 0 Å². The lowest BCUT2D eigenvalue weighted by Gasteiger charge is -2.11. The lowest BCUT2D eigenvalue weighted by molar-refractivity contribution is 0.106. The molecule has 1 aromatic heterocycles. The van der Waals surface area contributed by atoms with E-state index in [0.717, 1.165) is 12.8 Å². The highest BCUT2D eigenvalue weighted by Gasteiger charge is 2.27. The van der Waals surface area contributed by atoms with E-state index in [4.69, 9.17) is 10.00 Å². The van der Waals surface area contributed by atoms with E-state index in [1.807, 2.05) is 6.07 Å². The van der Waals surface area contributed by atoms with E-state index in [1.54, 1.807) is 16.8 Å². The second kappa shape index (κ2) is 4.78. The topological polar surface area (TPSA) is 63.7 Å². The van der Waals surface area contributed by atoms with Crippen LogP contribution < -0.4 is 0 Å². The van der Waals surface area contributed by atoms with E-state index < -0.39 is 0 Å². The first-order valence-corrected chi connectivity index (χ1v) is 6.03. The molecule has 0 N–H and O–H groups in total. The third-order valence-corrected chi connectivity index (χ3v) is 3.12. The number of nitriles is 1. The predicted octanol–water partition coefficient (Wildman–Crippen LogP) is 2.13. The van der Waals surface area contributed by atoms with Crippen LogP contribution in [0, 0.1) is 17.1 Å². The molecule has 1 atom stereocenters. The van der Waals surface area contributed by atoms with E-state index in [-0.39, 0.29) is 17.6 Å². The fourth-order valence-electron chi connectivity index (χ4n) is 2.22. The number of nitrogens with zero attached hydrogens (tertiary/aromatic N) is 4. The molecule has 2 heterocycles. The minimum atomic E-state index is -0.317. The molecule has 3 rings (SSSR count). The van der Waals surface area contributed by atoms with E-state index >= 15 is 0 Å². The van der Waals surface area contributed by atoms with Crippen LogP contribution in [0.1, 0.15) is 30.3 Å². The zero-order chi connectivity index (χ0) is 13.2. The summed E-state index contributed by atoms with van der Waals surface area (Å²) >= 11 is 0. The molecular formula is C13H11FN4O. The van der Waals surface area contributed by atoms with Crippen molar-refractivity contribution in [3.05, 3.63) is 41.5 Å². The van der Waals surface area contributed by atoms with Crippen LogP contribution in [0.4, 0.5) is 4.39 Å². The van der Waals surface area contributed by atoms with E-state index in [1.165, 1.54) is 12.1 Å². The quantitative estimate of drug-likeness (QED) is 0.827. The normalized spacial score (nSPS) is 18.4. The number of benzene rings is 1. The van der Waals surface area contributed by atoms with Crippen LogP contribution in [-0.4, -0.2) is 21.6 Å². The van der Waals surface area contributed by atoms with E-state index in [0.29, 0.717) is 18.0 Å². The minimum Gasteiger partial charge on any atom is -0.372 e. The van der Waals surface area contributed by atoms with Crippen LogP contribution in [0.15, 0.2) is 24.3 Å². The Morgan fingerprint density at radius 3 is 2.79 bits per heavy atom. The maximum Gasteiger partial charge on any atom is 0.189 e. The van der Waals surface area contributed by atoms with Gasteiger partial charge in [-0.3, -0.25) is 0 Å². The summed E-state index contributed by atoms with van der Waals surface area (Å²) in [5, 5.41) is 16.9. The molecule has 1 aliphatic rings. The second-order valence-corrected chi connectivity index (χ2v) is 4.32. The molecule has 0 saturated carbocycles. The van der Waals surface area contributed by atoms with Crippen molar-refractivity contribution in [1.82, 2.24) is 15.0 Å². The zero-order valence-electron chi connectivity index (χ0n) is 10.1. The zero-order valence-corrected chi connectivity index (χ0v) is 10.1. The van der Waals surface area contributed by atoms with Crippen LogP contribution in [0.5, 0.6) is 0 Å². The van der Waals surface area contributed by atoms with Crippen LogP contribution in [0.2, 0.25) is 0 Å². The molecule has 96 valence electrons. The number of rotatable bonds is 2. The van der Waals surface area contributed by atoms with Crippen LogP contribution in [0.25, 0.3) is 5.69 Å². The Kier molecular flexibility index (Phi) is 2.97. The fraction of sp³-hybridized carbons (Fsp3) is 0.308. The molecule has 1 unspecified atom stereocenters. The Morgan fingerprint density at radius 2 is 2.16 bits per heavy atom. The molecule has 19 heavy (non-hydrogen) atoms. The lowest BCUT2D eigenvalue weighted by Crippen LogP contribution is -2.08. The Balaban J connectivity index is 2.08. The van der Waals surface area contributed by atoms with Crippen molar-refractivity contribution < 1.29 is 9.13 Å². The molecule has 0 spiro atoms. The van der Waals surface area contributed by atoms with Gasteiger partial charge in [0, 0.05) is 6.61 Å². The molecule has 1 fully saturated rings. The predicted molar refractivity (Wildman–Crippen MR) is 64.0 cm³/mol. The molecule has 1 saturated heterocycles. The Bertz CT molecular complexity index is 623. The van der Waals surface area contributed by atoms with Gasteiger partial charge in [-0.2, -0.15) is 5.26 Å². The van der Waals surface area contributed by atoms with Crippen molar-refractivity contribution in [3.63, 3.8) is 0 Å². The molecule has 5 nitrogen and oxygen atoms in total. The number of hydrogen-bond acceptors (Lipinski definition) is 4. The van der Waals surface area contributed by atoms with E-state index in [9.17, 15) is 4.39 Å². The molecule has 1 aromatic carbocycles. The Morgan fingerprint density at radius 1 is 1.37 bits per heavy atom. The molecule has 0 radical (unpaired) electrons. The van der Waals surface area contributed by atoms with Gasteiger partial charge in [-0.1, -0.05) is 5.21 Å². The highest BCUT2D eigenvalue weighted by Crippen LogP contribution is 2.31. The number of halogens is 1. The van der Waals surface area contributed by atoms with Gasteiger partial charge >= 0.3 is 0 Å². The summed E-state index contributed by atoms with van der Waals surface area (Å²) < 4.78 is 20.1. The summed E-state index contributed by atoms with van der Waals surface area (Å²) in [5.74, 6) is -0.317. The van der Waals surface area contributed by atoms with Crippen molar-refractivity contribution in [2.75, 3.05) is 6.61 Å². The van der Waals surface area contributed by atoms with Crippen molar-refractivity contribution in [1.29, 1.82) is 5.26 Å². The highest BCUT2D eigenvalue weighted by atomic mass is 19.1. The first-order chi connectivity index (χ1) is 9.29. The number of ether oxygens (including phenoxy) is 1. The largest absolute Gasteiger partial charge is 0.372 e. The van der Waals surface area contributed by atoms with Crippen LogP contribution in [0.3, 0.4) is 0 Å². The molecule has 2 aromatic rings. The minimum absolute atomic E-state index is 0.172. The molecular weight excluding hydrogens is 247 g/mol. The summed E-state index contributed by atoms with van der Waals surface area (Å²) in [6.07, 6.45) is 1.61. The summed E-state index contributed by atoms with van der Waals surface area (Å²) in [5.41, 5.74) is 1.57. The SMILES string of the molecule is N#Cc1nnn(-c2ccc(F)cc2)c1C1CCCO1. The first kappa shape index (κ1) is 11.8. The van der Waals surface area contributed by atoms with Crippen molar-refractivity contribution >= 4 is 0 Å². The second-order valence-electron chi connectivity index (χ2n) is 4.32. The van der Waals surface area contributed by atoms with Gasteiger partial charge in [0.05, 0.1) is 5.69 Å². The van der Waals surface area contributed by atoms with Crippen LogP contribution in [-0.2, 0) is 4.74 Å². The van der Waals surface area contributed by atoms with Gasteiger partial charge in [-0.25, -0.2) is 9.07 Å². The van der Waals surface area contributed by atoms with Crippen molar-refractivity contribution in [2.24, 2.45) is 0 Å². The summed E-state index contributed by atoms with van der Waals surface area (Å²) in [6.45, 7) is 0.671. The molecule has 6 heteroatoms. The third kappa shape index (κ3) is 2.09. The fourth-order valence-corrected chi connectivity index (χ4v) is 2.22. The third-order valence-electron chi connectivity index (χ3n) is 3.12. The van der Waals surface area contributed by atoms with Crippen molar-refractivity contribution in [3.8, 4) is 11.8 Å². The van der Waals surface area contributed by atoms with Gasteiger partial charge in [0.2, 0.25) is 0 Å². The maximum atomic E-state index is 13.0. The first-order valence-electron chi connectivity index (χ1n) is 6.03. The summed E-state index contributed by atoms with van der Waals surface area (Å²) in [6, 6.07) is 7.93.